The summed E-state index contributed by atoms with van der Waals surface area (Å²) in [6.07, 6.45) is 0. The maximum Gasteiger partial charge on any atom is 0.274 e. The van der Waals surface area contributed by atoms with Crippen molar-refractivity contribution in [2.75, 3.05) is 10.6 Å². The molecule has 0 saturated carbocycles. The molecule has 0 unspecified atom stereocenters. The van der Waals surface area contributed by atoms with Gasteiger partial charge in [0.25, 0.3) is 5.91 Å². The first-order valence-electron chi connectivity index (χ1n) is 7.76. The maximum absolute atomic E-state index is 13.7. The molecule has 3 aromatic rings. The SMILES string of the molecule is Cc1cccc(Nc2nc(C)cc(C(=O)Nc3ccccc3F)n2)c1. The lowest BCUT2D eigenvalue weighted by atomic mass is 10.2. The molecule has 0 radical (unpaired) electrons. The van der Waals surface area contributed by atoms with Crippen molar-refractivity contribution in [3.8, 4) is 0 Å². The molecular formula is C19H17FN4O. The maximum atomic E-state index is 13.7. The Morgan fingerprint density at radius 3 is 2.56 bits per heavy atom. The van der Waals surface area contributed by atoms with Crippen LogP contribution in [0.25, 0.3) is 0 Å². The second kappa shape index (κ2) is 7.09. The molecule has 1 aromatic heterocycles. The highest BCUT2D eigenvalue weighted by atomic mass is 19.1. The Morgan fingerprint density at radius 2 is 1.80 bits per heavy atom. The molecule has 2 N–H and O–H groups in total. The monoisotopic (exact) mass is 336 g/mol. The first-order valence-corrected chi connectivity index (χ1v) is 7.76. The lowest BCUT2D eigenvalue weighted by Crippen LogP contribution is -2.16. The molecule has 0 fully saturated rings. The van der Waals surface area contributed by atoms with E-state index in [9.17, 15) is 9.18 Å². The number of carbonyl (C=O) groups excluding carboxylic acids is 1. The number of aromatic nitrogens is 2. The average Bonchev–Trinajstić information content (AvgIpc) is 2.56. The van der Waals surface area contributed by atoms with Crippen molar-refractivity contribution in [3.05, 3.63) is 77.4 Å². The lowest BCUT2D eigenvalue weighted by molar-refractivity contribution is 0.102. The van der Waals surface area contributed by atoms with Gasteiger partial charge in [0, 0.05) is 11.4 Å². The number of carbonyl (C=O) groups is 1. The predicted octanol–water partition coefficient (Wildman–Crippen LogP) is 4.23. The van der Waals surface area contributed by atoms with Crippen LogP contribution >= 0.6 is 0 Å². The highest BCUT2D eigenvalue weighted by Crippen LogP contribution is 2.17. The van der Waals surface area contributed by atoms with Gasteiger partial charge in [-0.1, -0.05) is 24.3 Å². The van der Waals surface area contributed by atoms with E-state index in [1.54, 1.807) is 25.1 Å². The number of benzene rings is 2. The van der Waals surface area contributed by atoms with Crippen LogP contribution in [-0.2, 0) is 0 Å². The van der Waals surface area contributed by atoms with Gasteiger partial charge in [-0.3, -0.25) is 4.79 Å². The van der Waals surface area contributed by atoms with Gasteiger partial charge >= 0.3 is 0 Å². The van der Waals surface area contributed by atoms with Crippen LogP contribution < -0.4 is 10.6 Å². The van der Waals surface area contributed by atoms with Crippen LogP contribution in [0, 0.1) is 19.7 Å². The van der Waals surface area contributed by atoms with Crippen LogP contribution in [0.3, 0.4) is 0 Å². The third kappa shape index (κ3) is 4.17. The summed E-state index contributed by atoms with van der Waals surface area (Å²) < 4.78 is 13.7. The quantitative estimate of drug-likeness (QED) is 0.748. The van der Waals surface area contributed by atoms with Crippen LogP contribution in [0.2, 0.25) is 0 Å². The molecule has 0 bridgehead atoms. The van der Waals surface area contributed by atoms with E-state index in [2.05, 4.69) is 20.6 Å². The molecule has 1 heterocycles. The predicted molar refractivity (Wildman–Crippen MR) is 95.6 cm³/mol. The van der Waals surface area contributed by atoms with Gasteiger partial charge in [-0.2, -0.15) is 0 Å². The Morgan fingerprint density at radius 1 is 1.00 bits per heavy atom. The van der Waals surface area contributed by atoms with Crippen LogP contribution in [0.5, 0.6) is 0 Å². The van der Waals surface area contributed by atoms with Crippen molar-refractivity contribution in [1.29, 1.82) is 0 Å². The van der Waals surface area contributed by atoms with Crippen LogP contribution in [0.15, 0.2) is 54.6 Å². The van der Waals surface area contributed by atoms with Gasteiger partial charge in [0.05, 0.1) is 5.69 Å². The minimum atomic E-state index is -0.500. The van der Waals surface area contributed by atoms with E-state index >= 15 is 0 Å². The van der Waals surface area contributed by atoms with E-state index < -0.39 is 11.7 Å². The Hall–Kier alpha value is -3.28. The third-order valence-corrected chi connectivity index (χ3v) is 3.48. The molecule has 2 aromatic carbocycles. The molecule has 1 amide bonds. The van der Waals surface area contributed by atoms with E-state index in [4.69, 9.17) is 0 Å². The number of halogens is 1. The zero-order valence-electron chi connectivity index (χ0n) is 13.9. The molecule has 0 aliphatic rings. The molecule has 0 aliphatic carbocycles. The van der Waals surface area contributed by atoms with Crippen LogP contribution in [0.4, 0.5) is 21.7 Å². The number of para-hydroxylation sites is 1. The molecule has 6 heteroatoms. The minimum absolute atomic E-state index is 0.108. The van der Waals surface area contributed by atoms with Crippen molar-refractivity contribution >= 4 is 23.2 Å². The fourth-order valence-electron chi connectivity index (χ4n) is 2.34. The highest BCUT2D eigenvalue weighted by Gasteiger charge is 2.13. The zero-order valence-corrected chi connectivity index (χ0v) is 13.9. The number of anilines is 3. The van der Waals surface area contributed by atoms with Gasteiger partial charge in [0.1, 0.15) is 11.5 Å². The topological polar surface area (TPSA) is 66.9 Å². The summed E-state index contributed by atoms with van der Waals surface area (Å²) in [5.41, 5.74) is 2.81. The minimum Gasteiger partial charge on any atom is -0.324 e. The van der Waals surface area contributed by atoms with Gasteiger partial charge in [-0.15, -0.1) is 0 Å². The summed E-state index contributed by atoms with van der Waals surface area (Å²) in [6, 6.07) is 15.3. The lowest BCUT2D eigenvalue weighted by Gasteiger charge is -2.09. The zero-order chi connectivity index (χ0) is 17.8. The molecule has 3 rings (SSSR count). The first-order chi connectivity index (χ1) is 12.0. The number of hydrogen-bond acceptors (Lipinski definition) is 4. The van der Waals surface area contributed by atoms with Gasteiger partial charge in [-0.25, -0.2) is 14.4 Å². The molecule has 126 valence electrons. The highest BCUT2D eigenvalue weighted by molar-refractivity contribution is 6.03. The summed E-state index contributed by atoms with van der Waals surface area (Å²) in [7, 11) is 0. The normalized spacial score (nSPS) is 10.4. The fraction of sp³-hybridized carbons (Fsp3) is 0.105. The van der Waals surface area contributed by atoms with Crippen molar-refractivity contribution in [2.24, 2.45) is 0 Å². The molecule has 0 spiro atoms. The van der Waals surface area contributed by atoms with Crippen molar-refractivity contribution in [1.82, 2.24) is 9.97 Å². The van der Waals surface area contributed by atoms with E-state index in [0.717, 1.165) is 11.3 Å². The molecular weight excluding hydrogens is 319 g/mol. The van der Waals surface area contributed by atoms with E-state index in [1.165, 1.54) is 12.1 Å². The Bertz CT molecular complexity index is 927. The summed E-state index contributed by atoms with van der Waals surface area (Å²) in [6.45, 7) is 3.75. The van der Waals surface area contributed by atoms with E-state index in [0.29, 0.717) is 11.6 Å². The number of hydrogen-bond donors (Lipinski definition) is 2. The van der Waals surface area contributed by atoms with Crippen molar-refractivity contribution in [2.45, 2.75) is 13.8 Å². The van der Waals surface area contributed by atoms with Crippen molar-refractivity contribution in [3.63, 3.8) is 0 Å². The van der Waals surface area contributed by atoms with Gasteiger partial charge in [-0.05, 0) is 49.7 Å². The smallest absolute Gasteiger partial charge is 0.274 e. The Balaban J connectivity index is 1.83. The fourth-order valence-corrected chi connectivity index (χ4v) is 2.34. The van der Waals surface area contributed by atoms with Crippen LogP contribution in [-0.4, -0.2) is 15.9 Å². The Labute approximate surface area is 145 Å². The number of nitrogens with one attached hydrogen (secondary N) is 2. The largest absolute Gasteiger partial charge is 0.324 e. The molecule has 0 atom stereocenters. The van der Waals surface area contributed by atoms with Crippen molar-refractivity contribution < 1.29 is 9.18 Å². The molecule has 0 aliphatic heterocycles. The third-order valence-electron chi connectivity index (χ3n) is 3.48. The summed E-state index contributed by atoms with van der Waals surface area (Å²) in [5, 5.41) is 5.60. The summed E-state index contributed by atoms with van der Waals surface area (Å²) in [4.78, 5) is 20.9. The standard InChI is InChI=1S/C19H17FN4O/c1-12-6-5-7-14(10-12)22-19-21-13(2)11-17(24-19)18(25)23-16-9-4-3-8-15(16)20/h3-11H,1-2H3,(H,23,25)(H,21,22,24). The van der Waals surface area contributed by atoms with Gasteiger partial charge in [0.2, 0.25) is 5.95 Å². The molecule has 25 heavy (non-hydrogen) atoms. The van der Waals surface area contributed by atoms with Gasteiger partial charge < -0.3 is 10.6 Å². The first kappa shape index (κ1) is 16.6. The number of aryl methyl sites for hydroxylation is 2. The second-order valence-electron chi connectivity index (χ2n) is 5.65. The van der Waals surface area contributed by atoms with Gasteiger partial charge in [0.15, 0.2) is 0 Å². The Kier molecular flexibility index (Phi) is 4.70. The van der Waals surface area contributed by atoms with Crippen LogP contribution in [0.1, 0.15) is 21.7 Å². The average molecular weight is 336 g/mol. The number of rotatable bonds is 4. The van der Waals surface area contributed by atoms with E-state index in [1.807, 2.05) is 31.2 Å². The summed E-state index contributed by atoms with van der Waals surface area (Å²) in [5.74, 6) is -0.688. The number of nitrogens with zero attached hydrogens (tertiary/aromatic N) is 2. The number of amides is 1. The van der Waals surface area contributed by atoms with E-state index in [-0.39, 0.29) is 11.4 Å². The summed E-state index contributed by atoms with van der Waals surface area (Å²) >= 11 is 0. The molecule has 5 nitrogen and oxygen atoms in total. The second-order valence-corrected chi connectivity index (χ2v) is 5.65. The molecule has 0 saturated heterocycles.